The van der Waals surface area contributed by atoms with E-state index in [1.54, 1.807) is 0 Å². The fourth-order valence-corrected chi connectivity index (χ4v) is 1.70. The van der Waals surface area contributed by atoms with E-state index in [0.29, 0.717) is 0 Å². The Balaban J connectivity index is 2.81. The first-order valence-electron chi connectivity index (χ1n) is 5.54. The highest BCUT2D eigenvalue weighted by molar-refractivity contribution is 6.31. The summed E-state index contributed by atoms with van der Waals surface area (Å²) in [5.74, 6) is -1.28. The molecule has 1 rings (SSSR count). The Morgan fingerprint density at radius 3 is 2.32 bits per heavy atom. The smallest absolute Gasteiger partial charge is 0.225 e. The van der Waals surface area contributed by atoms with Gasteiger partial charge in [0.05, 0.1) is 26.2 Å². The minimum Gasteiger partial charge on any atom is -0.394 e. The summed E-state index contributed by atoms with van der Waals surface area (Å²) in [4.78, 5) is 11.7. The number of aliphatic hydroxyl groups is 3. The van der Waals surface area contributed by atoms with Gasteiger partial charge in [-0.25, -0.2) is 4.39 Å². The zero-order valence-corrected chi connectivity index (χ0v) is 10.8. The van der Waals surface area contributed by atoms with E-state index in [-0.39, 0.29) is 17.0 Å². The van der Waals surface area contributed by atoms with Gasteiger partial charge in [0, 0.05) is 10.6 Å². The van der Waals surface area contributed by atoms with E-state index in [1.165, 1.54) is 18.2 Å². The van der Waals surface area contributed by atoms with Crippen molar-refractivity contribution in [1.82, 2.24) is 5.32 Å². The fraction of sp³-hybridized carbons (Fsp3) is 0.417. The topological polar surface area (TPSA) is 89.8 Å². The van der Waals surface area contributed by atoms with Gasteiger partial charge in [-0.05, 0) is 12.1 Å². The molecule has 0 fully saturated rings. The molecule has 0 atom stereocenters. The van der Waals surface area contributed by atoms with Crippen LogP contribution in [0.5, 0.6) is 0 Å². The van der Waals surface area contributed by atoms with Crippen molar-refractivity contribution in [3.05, 3.63) is 34.6 Å². The molecule has 1 aromatic carbocycles. The first kappa shape index (κ1) is 15.8. The van der Waals surface area contributed by atoms with Crippen LogP contribution in [0.1, 0.15) is 5.56 Å². The number of hydrogen-bond donors (Lipinski definition) is 4. The van der Waals surface area contributed by atoms with E-state index < -0.39 is 37.1 Å². The number of aliphatic hydroxyl groups excluding tert-OH is 3. The standard InChI is InChI=1S/C12H15ClFNO4/c13-9-2-1-3-10(14)8(9)4-11(19)15-12(5-16,6-17)7-18/h1-3,16-18H,4-7H2,(H,15,19). The average molecular weight is 292 g/mol. The van der Waals surface area contributed by atoms with Crippen molar-refractivity contribution in [3.8, 4) is 0 Å². The van der Waals surface area contributed by atoms with Crippen molar-refractivity contribution in [1.29, 1.82) is 0 Å². The zero-order valence-electron chi connectivity index (χ0n) is 10.1. The molecule has 0 saturated carbocycles. The number of hydrogen-bond acceptors (Lipinski definition) is 4. The van der Waals surface area contributed by atoms with Gasteiger partial charge in [0.1, 0.15) is 11.4 Å². The third-order valence-electron chi connectivity index (χ3n) is 2.71. The van der Waals surface area contributed by atoms with Gasteiger partial charge in [0.25, 0.3) is 0 Å². The second-order valence-electron chi connectivity index (χ2n) is 4.18. The van der Waals surface area contributed by atoms with Crippen LogP contribution in [0.15, 0.2) is 18.2 Å². The molecule has 4 N–H and O–H groups in total. The van der Waals surface area contributed by atoms with Gasteiger partial charge < -0.3 is 20.6 Å². The Morgan fingerprint density at radius 1 is 1.26 bits per heavy atom. The summed E-state index contributed by atoms with van der Waals surface area (Å²) in [6.07, 6.45) is -0.354. The van der Waals surface area contributed by atoms with Gasteiger partial charge >= 0.3 is 0 Å². The Hall–Kier alpha value is -1.21. The summed E-state index contributed by atoms with van der Waals surface area (Å²) < 4.78 is 13.5. The van der Waals surface area contributed by atoms with Crippen LogP contribution >= 0.6 is 11.6 Å². The maximum atomic E-state index is 13.5. The van der Waals surface area contributed by atoms with Crippen molar-refractivity contribution < 1.29 is 24.5 Å². The molecule has 0 unspecified atom stereocenters. The minimum absolute atomic E-state index is 0.0180. The highest BCUT2D eigenvalue weighted by atomic mass is 35.5. The Labute approximate surface area is 114 Å². The largest absolute Gasteiger partial charge is 0.394 e. The Kier molecular flexibility index (Phi) is 5.68. The molecule has 0 aliphatic carbocycles. The summed E-state index contributed by atoms with van der Waals surface area (Å²) in [6, 6.07) is 4.04. The van der Waals surface area contributed by atoms with Gasteiger partial charge in [0.2, 0.25) is 5.91 Å². The van der Waals surface area contributed by atoms with Crippen molar-refractivity contribution in [2.24, 2.45) is 0 Å². The number of carbonyl (C=O) groups is 1. The van der Waals surface area contributed by atoms with Crippen LogP contribution in [-0.2, 0) is 11.2 Å². The molecule has 0 spiro atoms. The first-order valence-corrected chi connectivity index (χ1v) is 5.92. The fourth-order valence-electron chi connectivity index (χ4n) is 1.47. The monoisotopic (exact) mass is 291 g/mol. The number of rotatable bonds is 6. The van der Waals surface area contributed by atoms with E-state index in [9.17, 15) is 9.18 Å². The lowest BCUT2D eigenvalue weighted by Crippen LogP contribution is -2.57. The third-order valence-corrected chi connectivity index (χ3v) is 3.07. The van der Waals surface area contributed by atoms with Crippen LogP contribution in [0.2, 0.25) is 5.02 Å². The Bertz CT molecular complexity index is 423. The van der Waals surface area contributed by atoms with Crippen LogP contribution in [0.3, 0.4) is 0 Å². The minimum atomic E-state index is -1.53. The van der Waals surface area contributed by atoms with Crippen molar-refractivity contribution >= 4 is 17.5 Å². The van der Waals surface area contributed by atoms with E-state index in [4.69, 9.17) is 26.9 Å². The molecule has 1 aromatic rings. The lowest BCUT2D eigenvalue weighted by Gasteiger charge is -2.28. The quantitative estimate of drug-likeness (QED) is 0.587. The number of nitrogens with one attached hydrogen (secondary N) is 1. The molecule has 0 aliphatic rings. The van der Waals surface area contributed by atoms with E-state index in [0.717, 1.165) is 0 Å². The van der Waals surface area contributed by atoms with Crippen molar-refractivity contribution in [2.45, 2.75) is 12.0 Å². The predicted molar refractivity (Wildman–Crippen MR) is 67.2 cm³/mol. The summed E-state index contributed by atoms with van der Waals surface area (Å²) in [7, 11) is 0. The number of amides is 1. The molecule has 0 radical (unpaired) electrons. The highest BCUT2D eigenvalue weighted by Gasteiger charge is 2.30. The summed E-state index contributed by atoms with van der Waals surface area (Å²) >= 11 is 5.78. The lowest BCUT2D eigenvalue weighted by molar-refractivity contribution is -0.124. The molecule has 0 aliphatic heterocycles. The van der Waals surface area contributed by atoms with Crippen molar-refractivity contribution in [2.75, 3.05) is 19.8 Å². The van der Waals surface area contributed by atoms with E-state index >= 15 is 0 Å². The second-order valence-corrected chi connectivity index (χ2v) is 4.59. The maximum absolute atomic E-state index is 13.5. The average Bonchev–Trinajstić information content (AvgIpc) is 2.41. The second kappa shape index (κ2) is 6.81. The van der Waals surface area contributed by atoms with Gasteiger partial charge in [-0.3, -0.25) is 4.79 Å². The number of benzene rings is 1. The lowest BCUT2D eigenvalue weighted by atomic mass is 10.0. The van der Waals surface area contributed by atoms with Gasteiger partial charge in [-0.15, -0.1) is 0 Å². The van der Waals surface area contributed by atoms with E-state index in [1.807, 2.05) is 0 Å². The van der Waals surface area contributed by atoms with Crippen LogP contribution < -0.4 is 5.32 Å². The molecular formula is C12H15ClFNO4. The SMILES string of the molecule is O=C(Cc1c(F)cccc1Cl)NC(CO)(CO)CO. The maximum Gasteiger partial charge on any atom is 0.225 e. The zero-order chi connectivity index (χ0) is 14.5. The van der Waals surface area contributed by atoms with Gasteiger partial charge in [-0.1, -0.05) is 17.7 Å². The normalized spacial score (nSPS) is 11.4. The molecule has 0 bridgehead atoms. The van der Waals surface area contributed by atoms with Crippen LogP contribution in [0, 0.1) is 5.82 Å². The molecule has 1 amide bonds. The van der Waals surface area contributed by atoms with E-state index in [2.05, 4.69) is 5.32 Å². The molecule has 0 saturated heterocycles. The molecule has 0 aromatic heterocycles. The molecule has 0 heterocycles. The third kappa shape index (κ3) is 3.87. The molecule has 5 nitrogen and oxygen atoms in total. The van der Waals surface area contributed by atoms with Crippen LogP contribution in [0.4, 0.5) is 4.39 Å². The summed E-state index contributed by atoms with van der Waals surface area (Å²) in [6.45, 7) is -1.93. The van der Waals surface area contributed by atoms with Crippen LogP contribution in [-0.4, -0.2) is 46.6 Å². The highest BCUT2D eigenvalue weighted by Crippen LogP contribution is 2.19. The van der Waals surface area contributed by atoms with Crippen LogP contribution in [0.25, 0.3) is 0 Å². The van der Waals surface area contributed by atoms with Gasteiger partial charge in [0.15, 0.2) is 0 Å². The molecule has 19 heavy (non-hydrogen) atoms. The Morgan fingerprint density at radius 2 is 1.84 bits per heavy atom. The number of halogens is 2. The molecule has 106 valence electrons. The predicted octanol–water partition coefficient (Wildman–Crippen LogP) is -0.147. The first-order chi connectivity index (χ1) is 8.98. The van der Waals surface area contributed by atoms with Crippen molar-refractivity contribution in [3.63, 3.8) is 0 Å². The molecule has 7 heteroatoms. The molecular weight excluding hydrogens is 277 g/mol. The summed E-state index contributed by atoms with van der Waals surface area (Å²) in [5.41, 5.74) is -1.51. The van der Waals surface area contributed by atoms with Gasteiger partial charge in [-0.2, -0.15) is 0 Å². The number of carbonyl (C=O) groups excluding carboxylic acids is 1. The summed E-state index contributed by atoms with van der Waals surface area (Å²) in [5, 5.41) is 29.6.